The summed E-state index contributed by atoms with van der Waals surface area (Å²) in [5.41, 5.74) is 2.78. The number of hydrogen-bond acceptors (Lipinski definition) is 0. The maximum atomic E-state index is 3.60. The van der Waals surface area contributed by atoms with Crippen molar-refractivity contribution in [3.8, 4) is 0 Å². The van der Waals surface area contributed by atoms with Crippen LogP contribution in [0, 0.1) is 0 Å². The lowest BCUT2D eigenvalue weighted by atomic mass is 10.2. The van der Waals surface area contributed by atoms with Gasteiger partial charge in [0.25, 0.3) is 0 Å². The van der Waals surface area contributed by atoms with Gasteiger partial charge >= 0.3 is 0 Å². The summed E-state index contributed by atoms with van der Waals surface area (Å²) < 4.78 is 4.46. The zero-order chi connectivity index (χ0) is 26.5. The van der Waals surface area contributed by atoms with Crippen molar-refractivity contribution in [2.24, 2.45) is 0 Å². The fourth-order valence-electron chi connectivity index (χ4n) is 4.34. The van der Waals surface area contributed by atoms with Crippen LogP contribution in [-0.2, 0) is 12.3 Å². The van der Waals surface area contributed by atoms with Crippen LogP contribution in [0.4, 0.5) is 0 Å². The van der Waals surface area contributed by atoms with Crippen molar-refractivity contribution in [1.29, 1.82) is 0 Å². The summed E-state index contributed by atoms with van der Waals surface area (Å²) in [5.74, 6) is 0. The molecule has 0 aromatic heterocycles. The Balaban J connectivity index is 1.46. The zero-order valence-corrected chi connectivity index (χ0v) is 28.5. The van der Waals surface area contributed by atoms with Gasteiger partial charge in [-0.3, -0.25) is 0 Å². The fourth-order valence-corrected chi connectivity index (χ4v) is 9.88. The molecule has 6 heteroatoms. The Morgan fingerprint density at radius 3 is 0.895 bits per heavy atom. The highest BCUT2D eigenvalue weighted by Crippen LogP contribution is 2.41. The van der Waals surface area contributed by atoms with E-state index in [1.807, 2.05) is 0 Å². The van der Waals surface area contributed by atoms with Crippen LogP contribution in [0.1, 0.15) is 11.1 Å². The molecule has 0 fully saturated rings. The number of rotatable bonds is 8. The largest absolute Gasteiger partial charge is 0.0617 e. The summed E-state index contributed by atoms with van der Waals surface area (Å²) in [7, 11) is -1.05. The molecule has 0 atom stereocenters. The summed E-state index contributed by atoms with van der Waals surface area (Å²) in [4.78, 5) is 0. The molecule has 5 rings (SSSR count). The van der Waals surface area contributed by atoms with Crippen molar-refractivity contribution in [2.45, 2.75) is 12.3 Å². The van der Waals surface area contributed by atoms with Crippen LogP contribution in [0.15, 0.2) is 139 Å². The van der Waals surface area contributed by atoms with Crippen molar-refractivity contribution in [3.63, 3.8) is 0 Å². The minimum absolute atomic E-state index is 0.526. The quantitative estimate of drug-likeness (QED) is 0.137. The summed E-state index contributed by atoms with van der Waals surface area (Å²) in [6.07, 6.45) is 2.03. The lowest BCUT2D eigenvalue weighted by Gasteiger charge is -2.21. The molecule has 0 aliphatic rings. The van der Waals surface area contributed by atoms with E-state index in [1.54, 1.807) is 0 Å². The zero-order valence-electron chi connectivity index (χ0n) is 20.4. The molecule has 0 nitrogen and oxygen atoms in total. The molecule has 0 N–H and O–H groups in total. The molecule has 190 valence electrons. The first-order valence-corrected chi connectivity index (χ1v) is 18.3. The molecule has 0 unspecified atom stereocenters. The predicted octanol–water partition coefficient (Wildman–Crippen LogP) is 10.0. The Morgan fingerprint density at radius 2 is 0.632 bits per heavy atom. The molecule has 0 amide bonds. The Bertz CT molecular complexity index is 1280. The summed E-state index contributed by atoms with van der Waals surface area (Å²) in [5, 5.41) is 5.57. The van der Waals surface area contributed by atoms with E-state index in [0.29, 0.717) is 0 Å². The third-order valence-corrected chi connectivity index (χ3v) is 13.4. The molecule has 0 saturated heterocycles. The highest BCUT2D eigenvalue weighted by molar-refractivity contribution is 9.11. The fraction of sp³-hybridized carbons (Fsp3) is 0.0625. The summed E-state index contributed by atoms with van der Waals surface area (Å²) in [6.45, 7) is 0. The number of halogens is 4. The number of benzene rings is 5. The first-order valence-electron chi connectivity index (χ1n) is 12.1. The van der Waals surface area contributed by atoms with Crippen LogP contribution in [0.2, 0.25) is 0 Å². The van der Waals surface area contributed by atoms with Gasteiger partial charge in [-0.1, -0.05) is 137 Å². The lowest BCUT2D eigenvalue weighted by molar-refractivity contribution is 1.32. The minimum atomic E-state index is -0.526. The Kier molecular flexibility index (Phi) is 10.1. The third-order valence-electron chi connectivity index (χ3n) is 6.23. The van der Waals surface area contributed by atoms with Gasteiger partial charge in [0.2, 0.25) is 0 Å². The molecular formula is C32H24Br4P2. The van der Waals surface area contributed by atoms with Crippen molar-refractivity contribution >= 4 is 101 Å². The minimum Gasteiger partial charge on any atom is -0.0617 e. The predicted molar refractivity (Wildman–Crippen MR) is 183 cm³/mol. The van der Waals surface area contributed by atoms with Crippen LogP contribution in [-0.4, -0.2) is 0 Å². The standard InChI is InChI=1S/C32H24Br4P2/c33-25-4-12-29(13-5-25)37(30-14-6-26(34)7-15-30)21-23-2-1-3-24(20-23)22-38(31-16-8-27(35)9-17-31)32-18-10-28(36)11-19-32/h1-20H,21-22H2. The van der Waals surface area contributed by atoms with Crippen LogP contribution in [0.3, 0.4) is 0 Å². The smallest absolute Gasteiger partial charge is 0.0175 e. The second-order valence-electron chi connectivity index (χ2n) is 8.90. The van der Waals surface area contributed by atoms with Gasteiger partial charge in [-0.25, -0.2) is 0 Å². The van der Waals surface area contributed by atoms with E-state index in [1.165, 1.54) is 32.3 Å². The summed E-state index contributed by atoms with van der Waals surface area (Å²) in [6, 6.07) is 44.6. The molecule has 38 heavy (non-hydrogen) atoms. The Morgan fingerprint density at radius 1 is 0.368 bits per heavy atom. The van der Waals surface area contributed by atoms with Gasteiger partial charge < -0.3 is 0 Å². The molecule has 0 heterocycles. The molecule has 0 aliphatic heterocycles. The molecule has 0 saturated carbocycles. The summed E-state index contributed by atoms with van der Waals surface area (Å²) >= 11 is 14.4. The van der Waals surface area contributed by atoms with E-state index in [9.17, 15) is 0 Å². The molecule has 0 bridgehead atoms. The first kappa shape index (κ1) is 28.4. The highest BCUT2D eigenvalue weighted by Gasteiger charge is 2.18. The number of hydrogen-bond donors (Lipinski definition) is 0. The first-order chi connectivity index (χ1) is 18.4. The van der Waals surface area contributed by atoms with E-state index >= 15 is 0 Å². The van der Waals surface area contributed by atoms with Gasteiger partial charge in [-0.2, -0.15) is 0 Å². The molecule has 0 spiro atoms. The SMILES string of the molecule is Brc1ccc(P(Cc2cccc(CP(c3ccc(Br)cc3)c3ccc(Br)cc3)c2)c2ccc(Br)cc2)cc1. The third kappa shape index (κ3) is 7.54. The van der Waals surface area contributed by atoms with E-state index in [0.717, 1.165) is 30.2 Å². The van der Waals surface area contributed by atoms with Crippen molar-refractivity contribution < 1.29 is 0 Å². The second-order valence-corrected chi connectivity index (χ2v) is 17.0. The van der Waals surface area contributed by atoms with Gasteiger partial charge in [0.05, 0.1) is 0 Å². The second kappa shape index (κ2) is 13.5. The Labute approximate surface area is 261 Å². The van der Waals surface area contributed by atoms with Crippen LogP contribution in [0.5, 0.6) is 0 Å². The molecule has 5 aromatic rings. The van der Waals surface area contributed by atoms with Gasteiger partial charge in [-0.05, 0) is 96.7 Å². The molecule has 5 aromatic carbocycles. The van der Waals surface area contributed by atoms with Crippen molar-refractivity contribution in [1.82, 2.24) is 0 Å². The van der Waals surface area contributed by atoms with E-state index < -0.39 is 15.8 Å². The Hall–Kier alpha value is -1.12. The van der Waals surface area contributed by atoms with Gasteiger partial charge in [0, 0.05) is 30.2 Å². The molecule has 0 radical (unpaired) electrons. The maximum Gasteiger partial charge on any atom is 0.0175 e. The van der Waals surface area contributed by atoms with E-state index in [4.69, 9.17) is 0 Å². The molecular weight excluding hydrogens is 766 g/mol. The topological polar surface area (TPSA) is 0 Å². The van der Waals surface area contributed by atoms with E-state index in [-0.39, 0.29) is 0 Å². The maximum absolute atomic E-state index is 3.60. The highest BCUT2D eigenvalue weighted by atomic mass is 79.9. The normalized spacial score (nSPS) is 11.3. The van der Waals surface area contributed by atoms with Gasteiger partial charge in [0.15, 0.2) is 0 Å². The van der Waals surface area contributed by atoms with Crippen LogP contribution >= 0.6 is 79.6 Å². The van der Waals surface area contributed by atoms with Crippen molar-refractivity contribution in [3.05, 3.63) is 150 Å². The lowest BCUT2D eigenvalue weighted by Crippen LogP contribution is -2.14. The average Bonchev–Trinajstić information content (AvgIpc) is 2.93. The van der Waals surface area contributed by atoms with Crippen molar-refractivity contribution in [2.75, 3.05) is 0 Å². The monoisotopic (exact) mass is 786 g/mol. The van der Waals surface area contributed by atoms with Crippen LogP contribution < -0.4 is 21.2 Å². The van der Waals surface area contributed by atoms with Gasteiger partial charge in [-0.15, -0.1) is 0 Å². The van der Waals surface area contributed by atoms with E-state index in [2.05, 4.69) is 185 Å². The van der Waals surface area contributed by atoms with Gasteiger partial charge in [0.1, 0.15) is 0 Å². The van der Waals surface area contributed by atoms with Crippen LogP contribution in [0.25, 0.3) is 0 Å². The molecule has 0 aliphatic carbocycles. The average molecular weight is 790 g/mol.